The highest BCUT2D eigenvalue weighted by molar-refractivity contribution is 5.67. The maximum atomic E-state index is 6.17. The topological polar surface area (TPSA) is 76.3 Å². The number of rotatable bonds is 10. The average molecular weight is 307 g/mol. The molecule has 6 nitrogen and oxygen atoms in total. The Hall–Kier alpha value is -1.56. The van der Waals surface area contributed by atoms with E-state index < -0.39 is 0 Å². The molecular formula is C16H29N5O. The van der Waals surface area contributed by atoms with Gasteiger partial charge in [0.15, 0.2) is 5.82 Å². The number of nitrogens with zero attached hydrogens (tertiary/aromatic N) is 3. The molecule has 1 aromatic heterocycles. The van der Waals surface area contributed by atoms with E-state index in [0.29, 0.717) is 24.1 Å². The molecular weight excluding hydrogens is 278 g/mol. The van der Waals surface area contributed by atoms with Crippen LogP contribution in [0.1, 0.15) is 50.8 Å². The van der Waals surface area contributed by atoms with E-state index in [1.807, 2.05) is 0 Å². The summed E-state index contributed by atoms with van der Waals surface area (Å²) in [6.07, 6.45) is 5.47. The highest BCUT2D eigenvalue weighted by Gasteiger charge is 2.28. The molecule has 1 saturated carbocycles. The summed E-state index contributed by atoms with van der Waals surface area (Å²) in [5.74, 6) is 2.62. The number of hydrogen-bond donors (Lipinski definition) is 2. The molecule has 1 heterocycles. The largest absolute Gasteiger partial charge is 0.476 e. The van der Waals surface area contributed by atoms with Crippen molar-refractivity contribution in [2.45, 2.75) is 44.9 Å². The molecule has 6 heteroatoms. The van der Waals surface area contributed by atoms with Crippen LogP contribution in [0.5, 0.6) is 5.88 Å². The molecule has 0 unspecified atom stereocenters. The predicted molar refractivity (Wildman–Crippen MR) is 90.5 cm³/mol. The minimum absolute atomic E-state index is 0.483. The molecule has 0 aromatic carbocycles. The Balaban J connectivity index is 2.02. The van der Waals surface area contributed by atoms with Crippen LogP contribution >= 0.6 is 0 Å². The Morgan fingerprint density at radius 2 is 2.05 bits per heavy atom. The summed E-state index contributed by atoms with van der Waals surface area (Å²) in [7, 11) is 4.15. The first-order chi connectivity index (χ1) is 10.6. The molecule has 22 heavy (non-hydrogen) atoms. The van der Waals surface area contributed by atoms with E-state index in [0.717, 1.165) is 44.0 Å². The lowest BCUT2D eigenvalue weighted by atomic mass is 10.3. The molecule has 0 aliphatic heterocycles. The summed E-state index contributed by atoms with van der Waals surface area (Å²) in [6, 6.07) is 0. The van der Waals surface area contributed by atoms with E-state index in [9.17, 15) is 0 Å². The van der Waals surface area contributed by atoms with Crippen LogP contribution in [0.3, 0.4) is 0 Å². The first-order valence-electron chi connectivity index (χ1n) is 8.30. The molecule has 1 aromatic rings. The third kappa shape index (κ3) is 5.02. The highest BCUT2D eigenvalue weighted by Crippen LogP contribution is 2.40. The number of ether oxygens (including phenoxy) is 1. The van der Waals surface area contributed by atoms with E-state index in [-0.39, 0.29) is 0 Å². The Morgan fingerprint density at radius 3 is 2.68 bits per heavy atom. The summed E-state index contributed by atoms with van der Waals surface area (Å²) in [5.41, 5.74) is 6.71. The van der Waals surface area contributed by atoms with Crippen molar-refractivity contribution in [1.29, 1.82) is 0 Å². The zero-order chi connectivity index (χ0) is 15.9. The van der Waals surface area contributed by atoms with Gasteiger partial charge in [0.2, 0.25) is 5.88 Å². The zero-order valence-electron chi connectivity index (χ0n) is 14.1. The smallest absolute Gasteiger partial charge is 0.242 e. The van der Waals surface area contributed by atoms with Crippen LogP contribution in [-0.2, 0) is 0 Å². The summed E-state index contributed by atoms with van der Waals surface area (Å²) in [5, 5.41) is 3.34. The lowest BCUT2D eigenvalue weighted by molar-refractivity contribution is 0.298. The highest BCUT2D eigenvalue weighted by atomic mass is 16.5. The van der Waals surface area contributed by atoms with E-state index in [1.165, 1.54) is 12.8 Å². The second kappa shape index (κ2) is 8.17. The first-order valence-corrected chi connectivity index (χ1v) is 8.30. The number of aromatic nitrogens is 2. The fraction of sp³-hybridized carbons (Fsp3) is 0.750. The fourth-order valence-electron chi connectivity index (χ4n) is 2.15. The van der Waals surface area contributed by atoms with Crippen molar-refractivity contribution in [2.75, 3.05) is 44.8 Å². The number of nitrogen functional groups attached to an aromatic ring is 1. The van der Waals surface area contributed by atoms with Crippen LogP contribution in [0.2, 0.25) is 0 Å². The standard InChI is InChI=1S/C16H29N5O/c1-4-5-11-22-16-13(17)15(18-9-6-10-21(2)3)19-14(20-16)12-7-8-12/h12H,4-11,17H2,1-3H3,(H,18,19,20). The number of nitrogens with one attached hydrogen (secondary N) is 1. The monoisotopic (exact) mass is 307 g/mol. The molecule has 1 fully saturated rings. The number of hydrogen-bond acceptors (Lipinski definition) is 6. The van der Waals surface area contributed by atoms with Gasteiger partial charge < -0.3 is 20.7 Å². The van der Waals surface area contributed by atoms with Crippen molar-refractivity contribution >= 4 is 11.5 Å². The first kappa shape index (κ1) is 16.8. The summed E-state index contributed by atoms with van der Waals surface area (Å²) < 4.78 is 5.76. The lowest BCUT2D eigenvalue weighted by Crippen LogP contribution is -2.17. The third-order valence-electron chi connectivity index (χ3n) is 3.68. The van der Waals surface area contributed by atoms with Crippen molar-refractivity contribution in [3.8, 4) is 5.88 Å². The van der Waals surface area contributed by atoms with Crippen LogP contribution in [0.4, 0.5) is 11.5 Å². The molecule has 0 radical (unpaired) electrons. The van der Waals surface area contributed by atoms with Gasteiger partial charge in [0, 0.05) is 12.5 Å². The van der Waals surface area contributed by atoms with E-state index in [1.54, 1.807) is 0 Å². The molecule has 124 valence electrons. The summed E-state index contributed by atoms with van der Waals surface area (Å²) >= 11 is 0. The summed E-state index contributed by atoms with van der Waals surface area (Å²) in [4.78, 5) is 11.3. The van der Waals surface area contributed by atoms with Crippen molar-refractivity contribution in [2.24, 2.45) is 0 Å². The van der Waals surface area contributed by atoms with E-state index >= 15 is 0 Å². The normalized spacial score (nSPS) is 14.4. The minimum atomic E-state index is 0.483. The molecule has 0 atom stereocenters. The Bertz CT molecular complexity index is 474. The number of nitrogens with two attached hydrogens (primary N) is 1. The van der Waals surface area contributed by atoms with Gasteiger partial charge in [-0.3, -0.25) is 0 Å². The molecule has 3 N–H and O–H groups in total. The van der Waals surface area contributed by atoms with E-state index in [4.69, 9.17) is 10.5 Å². The van der Waals surface area contributed by atoms with Gasteiger partial charge in [0.1, 0.15) is 11.5 Å². The van der Waals surface area contributed by atoms with Crippen molar-refractivity contribution in [3.05, 3.63) is 5.82 Å². The molecule has 0 spiro atoms. The van der Waals surface area contributed by atoms with Gasteiger partial charge in [-0.15, -0.1) is 0 Å². The average Bonchev–Trinajstić information content (AvgIpc) is 3.31. The third-order valence-corrected chi connectivity index (χ3v) is 3.68. The number of anilines is 2. The van der Waals surface area contributed by atoms with Crippen molar-refractivity contribution in [3.63, 3.8) is 0 Å². The Labute approximate surface area is 133 Å². The maximum Gasteiger partial charge on any atom is 0.242 e. The van der Waals surface area contributed by atoms with Gasteiger partial charge in [0.25, 0.3) is 0 Å². The fourth-order valence-corrected chi connectivity index (χ4v) is 2.15. The number of unbranched alkanes of at least 4 members (excludes halogenated alkanes) is 1. The molecule has 0 bridgehead atoms. The van der Waals surface area contributed by atoms with Gasteiger partial charge in [-0.05, 0) is 46.3 Å². The van der Waals surface area contributed by atoms with Crippen LogP contribution in [0, 0.1) is 0 Å². The van der Waals surface area contributed by atoms with Gasteiger partial charge in [0.05, 0.1) is 6.61 Å². The SMILES string of the molecule is CCCCOc1nc(C2CC2)nc(NCCCN(C)C)c1N. The second-order valence-corrected chi connectivity index (χ2v) is 6.21. The van der Waals surface area contributed by atoms with Crippen LogP contribution in [0.25, 0.3) is 0 Å². The molecule has 0 saturated heterocycles. The van der Waals surface area contributed by atoms with Gasteiger partial charge in [-0.1, -0.05) is 13.3 Å². The van der Waals surface area contributed by atoms with Crippen molar-refractivity contribution in [1.82, 2.24) is 14.9 Å². The minimum Gasteiger partial charge on any atom is -0.476 e. The molecule has 0 amide bonds. The molecule has 1 aliphatic carbocycles. The van der Waals surface area contributed by atoms with Crippen LogP contribution in [0.15, 0.2) is 0 Å². The van der Waals surface area contributed by atoms with Gasteiger partial charge >= 0.3 is 0 Å². The van der Waals surface area contributed by atoms with E-state index in [2.05, 4.69) is 41.2 Å². The van der Waals surface area contributed by atoms with Crippen LogP contribution < -0.4 is 15.8 Å². The second-order valence-electron chi connectivity index (χ2n) is 6.21. The molecule has 2 rings (SSSR count). The Morgan fingerprint density at radius 1 is 1.27 bits per heavy atom. The maximum absolute atomic E-state index is 6.17. The van der Waals surface area contributed by atoms with Gasteiger partial charge in [-0.2, -0.15) is 4.98 Å². The predicted octanol–water partition coefficient (Wildman–Crippen LogP) is 2.48. The Kier molecular flexibility index (Phi) is 6.24. The van der Waals surface area contributed by atoms with Crippen LogP contribution in [-0.4, -0.2) is 48.7 Å². The quantitative estimate of drug-likeness (QED) is 0.647. The van der Waals surface area contributed by atoms with Gasteiger partial charge in [-0.25, -0.2) is 4.98 Å². The van der Waals surface area contributed by atoms with Crippen molar-refractivity contribution < 1.29 is 4.74 Å². The molecule has 1 aliphatic rings. The zero-order valence-corrected chi connectivity index (χ0v) is 14.1. The summed E-state index contributed by atoms with van der Waals surface area (Å²) in [6.45, 7) is 4.67. The lowest BCUT2D eigenvalue weighted by Gasteiger charge is -2.15.